The van der Waals surface area contributed by atoms with Crippen molar-refractivity contribution in [1.29, 1.82) is 0 Å². The maximum Gasteiger partial charge on any atom is 0.142 e. The van der Waals surface area contributed by atoms with E-state index in [2.05, 4.69) is 10.1 Å². The smallest absolute Gasteiger partial charge is 0.142 e. The van der Waals surface area contributed by atoms with Crippen molar-refractivity contribution >= 4 is 23.2 Å². The monoisotopic (exact) mass is 317 g/mol. The predicted molar refractivity (Wildman–Crippen MR) is 75.4 cm³/mol. The van der Waals surface area contributed by atoms with Crippen molar-refractivity contribution in [1.82, 2.24) is 14.8 Å². The first-order valence-corrected chi connectivity index (χ1v) is 6.85. The Kier molecular flexibility index (Phi) is 4.32. The third-order valence-corrected chi connectivity index (χ3v) is 3.69. The van der Waals surface area contributed by atoms with Gasteiger partial charge < -0.3 is 5.11 Å². The van der Waals surface area contributed by atoms with Crippen molar-refractivity contribution < 1.29 is 9.50 Å². The molecule has 0 saturated carbocycles. The van der Waals surface area contributed by atoms with Crippen molar-refractivity contribution in [3.8, 4) is 0 Å². The number of rotatable bonds is 4. The molecule has 2 rings (SSSR count). The number of hydrogen-bond acceptors (Lipinski definition) is 3. The second kappa shape index (κ2) is 5.68. The summed E-state index contributed by atoms with van der Waals surface area (Å²) in [5.41, 5.74) is -1.10. The van der Waals surface area contributed by atoms with E-state index in [0.29, 0.717) is 12.4 Å². The Bertz CT molecular complexity index is 628. The zero-order valence-electron chi connectivity index (χ0n) is 11.1. The molecule has 0 aliphatic rings. The lowest BCUT2D eigenvalue weighted by molar-refractivity contribution is 0.0541. The van der Waals surface area contributed by atoms with E-state index in [-0.39, 0.29) is 22.0 Å². The minimum Gasteiger partial charge on any atom is -0.385 e. The Morgan fingerprint density at radius 1 is 1.35 bits per heavy atom. The van der Waals surface area contributed by atoms with Crippen LogP contribution in [-0.2, 0) is 18.6 Å². The summed E-state index contributed by atoms with van der Waals surface area (Å²) in [6.07, 6.45) is 1.58. The SMILES string of the molecule is CCn1ncnc1CC(C)(O)c1cc(F)c(Cl)cc1Cl. The standard InChI is InChI=1S/C13H14Cl2FN3O/c1-3-19-12(17-7-18-19)6-13(2,20)8-4-11(16)10(15)5-9(8)14/h4-5,7,20H,3,6H2,1-2H3. The molecule has 108 valence electrons. The summed E-state index contributed by atoms with van der Waals surface area (Å²) in [6.45, 7) is 4.10. The number of aliphatic hydroxyl groups is 1. The number of hydrogen-bond donors (Lipinski definition) is 1. The fourth-order valence-electron chi connectivity index (χ4n) is 2.03. The maximum atomic E-state index is 13.6. The Morgan fingerprint density at radius 3 is 2.70 bits per heavy atom. The first-order valence-electron chi connectivity index (χ1n) is 6.09. The normalized spacial score (nSPS) is 14.3. The second-order valence-corrected chi connectivity index (χ2v) is 5.50. The van der Waals surface area contributed by atoms with Crippen LogP contribution in [0.15, 0.2) is 18.5 Å². The summed E-state index contributed by atoms with van der Waals surface area (Å²) >= 11 is 11.7. The van der Waals surface area contributed by atoms with E-state index in [9.17, 15) is 9.50 Å². The van der Waals surface area contributed by atoms with Gasteiger partial charge in [-0.3, -0.25) is 4.68 Å². The van der Waals surface area contributed by atoms with Crippen LogP contribution in [0.1, 0.15) is 25.2 Å². The van der Waals surface area contributed by atoms with E-state index in [0.717, 1.165) is 6.07 Å². The largest absolute Gasteiger partial charge is 0.385 e. The van der Waals surface area contributed by atoms with Crippen molar-refractivity contribution in [3.05, 3.63) is 45.7 Å². The van der Waals surface area contributed by atoms with E-state index in [4.69, 9.17) is 23.2 Å². The maximum absolute atomic E-state index is 13.6. The molecular formula is C13H14Cl2FN3O. The lowest BCUT2D eigenvalue weighted by Crippen LogP contribution is -2.27. The topological polar surface area (TPSA) is 50.9 Å². The molecule has 1 atom stereocenters. The molecule has 0 fully saturated rings. The molecule has 1 aromatic carbocycles. The highest BCUT2D eigenvalue weighted by Crippen LogP contribution is 2.33. The molecule has 1 aromatic heterocycles. The van der Waals surface area contributed by atoms with Gasteiger partial charge in [0, 0.05) is 23.6 Å². The van der Waals surface area contributed by atoms with Gasteiger partial charge >= 0.3 is 0 Å². The Balaban J connectivity index is 2.37. The van der Waals surface area contributed by atoms with Crippen LogP contribution in [0.5, 0.6) is 0 Å². The summed E-state index contributed by atoms with van der Waals surface area (Å²) in [4.78, 5) is 4.10. The molecule has 0 aliphatic carbocycles. The van der Waals surface area contributed by atoms with Crippen LogP contribution >= 0.6 is 23.2 Å². The van der Waals surface area contributed by atoms with Gasteiger partial charge in [0.25, 0.3) is 0 Å². The van der Waals surface area contributed by atoms with Crippen LogP contribution in [0.25, 0.3) is 0 Å². The zero-order chi connectivity index (χ0) is 14.9. The van der Waals surface area contributed by atoms with Crippen LogP contribution < -0.4 is 0 Å². The highest BCUT2D eigenvalue weighted by molar-refractivity contribution is 6.35. The molecule has 0 saturated heterocycles. The van der Waals surface area contributed by atoms with Crippen molar-refractivity contribution in [2.45, 2.75) is 32.4 Å². The number of benzene rings is 1. The average molecular weight is 318 g/mol. The molecule has 0 bridgehead atoms. The van der Waals surface area contributed by atoms with Crippen LogP contribution in [0, 0.1) is 5.82 Å². The minimum atomic E-state index is -1.37. The molecule has 1 N–H and O–H groups in total. The van der Waals surface area contributed by atoms with Crippen LogP contribution in [0.2, 0.25) is 10.0 Å². The van der Waals surface area contributed by atoms with Gasteiger partial charge in [-0.15, -0.1) is 0 Å². The highest BCUT2D eigenvalue weighted by Gasteiger charge is 2.29. The van der Waals surface area contributed by atoms with Gasteiger partial charge in [-0.25, -0.2) is 9.37 Å². The van der Waals surface area contributed by atoms with Gasteiger partial charge in [-0.2, -0.15) is 5.10 Å². The molecular weight excluding hydrogens is 304 g/mol. The van der Waals surface area contributed by atoms with Crippen LogP contribution in [-0.4, -0.2) is 19.9 Å². The third kappa shape index (κ3) is 2.95. The fraction of sp³-hybridized carbons (Fsp3) is 0.385. The van der Waals surface area contributed by atoms with Crippen molar-refractivity contribution in [2.75, 3.05) is 0 Å². The Labute approximate surface area is 126 Å². The van der Waals surface area contributed by atoms with Gasteiger partial charge in [-0.1, -0.05) is 23.2 Å². The molecule has 2 aromatic rings. The van der Waals surface area contributed by atoms with Gasteiger partial charge in [0.15, 0.2) is 0 Å². The Morgan fingerprint density at radius 2 is 2.05 bits per heavy atom. The fourth-order valence-corrected chi connectivity index (χ4v) is 2.61. The minimum absolute atomic E-state index is 0.0775. The highest BCUT2D eigenvalue weighted by atomic mass is 35.5. The summed E-state index contributed by atoms with van der Waals surface area (Å²) in [5.74, 6) is -0.0211. The van der Waals surface area contributed by atoms with E-state index in [1.807, 2.05) is 6.92 Å². The molecule has 0 amide bonds. The lowest BCUT2D eigenvalue weighted by atomic mass is 9.92. The van der Waals surface area contributed by atoms with E-state index in [1.54, 1.807) is 11.6 Å². The molecule has 1 heterocycles. The summed E-state index contributed by atoms with van der Waals surface area (Å²) in [6, 6.07) is 2.43. The summed E-state index contributed by atoms with van der Waals surface area (Å²) in [5, 5.41) is 14.8. The summed E-state index contributed by atoms with van der Waals surface area (Å²) < 4.78 is 15.2. The van der Waals surface area contributed by atoms with E-state index < -0.39 is 11.4 Å². The molecule has 7 heteroatoms. The van der Waals surface area contributed by atoms with Gasteiger partial charge in [0.1, 0.15) is 18.0 Å². The third-order valence-electron chi connectivity index (χ3n) is 3.09. The number of nitrogens with zero attached hydrogens (tertiary/aromatic N) is 3. The van der Waals surface area contributed by atoms with Gasteiger partial charge in [0.2, 0.25) is 0 Å². The molecule has 1 unspecified atom stereocenters. The number of aryl methyl sites for hydroxylation is 1. The second-order valence-electron chi connectivity index (χ2n) is 4.69. The van der Waals surface area contributed by atoms with E-state index >= 15 is 0 Å². The van der Waals surface area contributed by atoms with E-state index in [1.165, 1.54) is 12.4 Å². The Hall–Kier alpha value is -1.17. The number of halogens is 3. The van der Waals surface area contributed by atoms with Gasteiger partial charge in [-0.05, 0) is 26.0 Å². The van der Waals surface area contributed by atoms with Crippen LogP contribution in [0.3, 0.4) is 0 Å². The summed E-state index contributed by atoms with van der Waals surface area (Å²) in [7, 11) is 0. The molecule has 0 spiro atoms. The first-order chi connectivity index (χ1) is 9.35. The molecule has 4 nitrogen and oxygen atoms in total. The van der Waals surface area contributed by atoms with Crippen LogP contribution in [0.4, 0.5) is 4.39 Å². The lowest BCUT2D eigenvalue weighted by Gasteiger charge is -2.25. The average Bonchev–Trinajstić information content (AvgIpc) is 2.80. The first kappa shape index (κ1) is 15.2. The molecule has 0 radical (unpaired) electrons. The molecule has 20 heavy (non-hydrogen) atoms. The number of aromatic nitrogens is 3. The van der Waals surface area contributed by atoms with Crippen molar-refractivity contribution in [3.63, 3.8) is 0 Å². The zero-order valence-corrected chi connectivity index (χ0v) is 12.6. The molecule has 0 aliphatic heterocycles. The van der Waals surface area contributed by atoms with Gasteiger partial charge in [0.05, 0.1) is 10.6 Å². The quantitative estimate of drug-likeness (QED) is 0.881. The predicted octanol–water partition coefficient (Wildman–Crippen LogP) is 3.19. The van der Waals surface area contributed by atoms with Crippen molar-refractivity contribution in [2.24, 2.45) is 0 Å².